The van der Waals surface area contributed by atoms with Crippen LogP contribution >= 0.6 is 11.3 Å². The van der Waals surface area contributed by atoms with Crippen LogP contribution in [-0.4, -0.2) is 24.7 Å². The number of nitrogens with zero attached hydrogens (tertiary/aromatic N) is 2. The van der Waals surface area contributed by atoms with Crippen molar-refractivity contribution in [3.05, 3.63) is 52.8 Å². The zero-order valence-corrected chi connectivity index (χ0v) is 14.7. The minimum atomic E-state index is -0.352. The monoisotopic (exact) mass is 352 g/mol. The third kappa shape index (κ3) is 3.28. The van der Waals surface area contributed by atoms with Gasteiger partial charge in [0.1, 0.15) is 17.0 Å². The predicted molar refractivity (Wildman–Crippen MR) is 98.1 cm³/mol. The van der Waals surface area contributed by atoms with E-state index >= 15 is 0 Å². The molecule has 3 rings (SSSR count). The molecule has 126 valence electrons. The van der Waals surface area contributed by atoms with E-state index in [2.05, 4.69) is 10.9 Å². The second kappa shape index (κ2) is 7.24. The molecule has 0 atom stereocenters. The summed E-state index contributed by atoms with van der Waals surface area (Å²) in [6.45, 7) is 0.296. The Kier molecular flexibility index (Phi) is 4.87. The molecular weight excluding hydrogens is 336 g/mol. The molecule has 3 aromatic rings. The number of thiazole rings is 1. The largest absolute Gasteiger partial charge is 0.497 e. The Morgan fingerprint density at radius 3 is 2.76 bits per heavy atom. The van der Waals surface area contributed by atoms with Gasteiger partial charge in [0, 0.05) is 5.56 Å². The molecule has 0 aliphatic rings. The van der Waals surface area contributed by atoms with Crippen LogP contribution in [0.25, 0.3) is 10.2 Å². The third-order valence-electron chi connectivity index (χ3n) is 3.65. The fourth-order valence-electron chi connectivity index (χ4n) is 2.49. The third-order valence-corrected chi connectivity index (χ3v) is 4.69. The lowest BCUT2D eigenvalue weighted by molar-refractivity contribution is 0.0997. The molecule has 25 heavy (non-hydrogen) atoms. The summed E-state index contributed by atoms with van der Waals surface area (Å²) in [4.78, 5) is 17.4. The second-order valence-corrected chi connectivity index (χ2v) is 6.14. The van der Waals surface area contributed by atoms with Crippen LogP contribution in [0, 0.1) is 12.3 Å². The average Bonchev–Trinajstić information content (AvgIpc) is 2.99. The molecule has 0 aliphatic carbocycles. The summed E-state index contributed by atoms with van der Waals surface area (Å²) < 4.78 is 13.3. The normalized spacial score (nSPS) is 11.3. The minimum absolute atomic E-state index is 0.296. The number of amides is 1. The standard InChI is InChI=1S/C19H16N2O3S/c1-4-11-21-17-15(24-3)9-6-10-16(17)25-19(21)20-18(22)13-7-5-8-14(12-13)23-2/h1,5-10,12H,11H2,2-3H3. The molecule has 0 saturated heterocycles. The molecule has 0 radical (unpaired) electrons. The number of aromatic nitrogens is 1. The Labute approximate surface area is 149 Å². The van der Waals surface area contributed by atoms with Gasteiger partial charge in [-0.15, -0.1) is 6.42 Å². The topological polar surface area (TPSA) is 52.8 Å². The lowest BCUT2D eigenvalue weighted by Gasteiger charge is -2.05. The van der Waals surface area contributed by atoms with Gasteiger partial charge in [0.2, 0.25) is 0 Å². The molecule has 6 heteroatoms. The number of methoxy groups -OCH3 is 2. The van der Waals surface area contributed by atoms with E-state index in [-0.39, 0.29) is 5.91 Å². The highest BCUT2D eigenvalue weighted by Gasteiger charge is 2.12. The van der Waals surface area contributed by atoms with E-state index in [1.54, 1.807) is 38.5 Å². The molecule has 5 nitrogen and oxygen atoms in total. The highest BCUT2D eigenvalue weighted by molar-refractivity contribution is 7.16. The van der Waals surface area contributed by atoms with Crippen LogP contribution in [0.5, 0.6) is 11.5 Å². The zero-order valence-electron chi connectivity index (χ0n) is 13.9. The van der Waals surface area contributed by atoms with E-state index in [1.807, 2.05) is 22.8 Å². The first kappa shape index (κ1) is 16.8. The SMILES string of the molecule is C#CCn1c(=NC(=O)c2cccc(OC)c2)sc2cccc(OC)c21. The Morgan fingerprint density at radius 2 is 2.04 bits per heavy atom. The van der Waals surface area contributed by atoms with Crippen molar-refractivity contribution in [2.24, 2.45) is 4.99 Å². The van der Waals surface area contributed by atoms with Gasteiger partial charge in [0.15, 0.2) is 4.80 Å². The maximum Gasteiger partial charge on any atom is 0.279 e. The summed E-state index contributed by atoms with van der Waals surface area (Å²) in [7, 11) is 3.16. The molecule has 0 aliphatic heterocycles. The fourth-order valence-corrected chi connectivity index (χ4v) is 3.54. The van der Waals surface area contributed by atoms with Crippen LogP contribution in [0.3, 0.4) is 0 Å². The number of rotatable bonds is 4. The summed E-state index contributed by atoms with van der Waals surface area (Å²) in [5.41, 5.74) is 1.29. The summed E-state index contributed by atoms with van der Waals surface area (Å²) in [5, 5.41) is 0. The quantitative estimate of drug-likeness (QED) is 0.678. The van der Waals surface area contributed by atoms with E-state index in [0.29, 0.717) is 28.4 Å². The van der Waals surface area contributed by atoms with Crippen LogP contribution in [0.4, 0.5) is 0 Å². The first-order chi connectivity index (χ1) is 12.2. The zero-order chi connectivity index (χ0) is 17.8. The van der Waals surface area contributed by atoms with E-state index in [9.17, 15) is 4.79 Å². The molecule has 0 saturated carbocycles. The molecule has 1 aromatic heterocycles. The molecule has 0 N–H and O–H groups in total. The van der Waals surface area contributed by atoms with Crippen LogP contribution in [-0.2, 0) is 6.54 Å². The maximum atomic E-state index is 12.6. The number of hydrogen-bond acceptors (Lipinski definition) is 4. The number of para-hydroxylation sites is 1. The van der Waals surface area contributed by atoms with Gasteiger partial charge in [-0.1, -0.05) is 29.4 Å². The number of terminal acetylenes is 1. The van der Waals surface area contributed by atoms with Crippen LogP contribution in [0.1, 0.15) is 10.4 Å². The second-order valence-electron chi connectivity index (χ2n) is 5.13. The number of fused-ring (bicyclic) bond motifs is 1. The smallest absolute Gasteiger partial charge is 0.279 e. The Bertz CT molecular complexity index is 1040. The Hall–Kier alpha value is -3.04. The van der Waals surface area contributed by atoms with Crippen molar-refractivity contribution in [2.75, 3.05) is 14.2 Å². The summed E-state index contributed by atoms with van der Waals surface area (Å²) in [6, 6.07) is 12.6. The lowest BCUT2D eigenvalue weighted by atomic mass is 10.2. The van der Waals surface area contributed by atoms with Gasteiger partial charge in [0.05, 0.1) is 25.5 Å². The van der Waals surface area contributed by atoms with E-state index < -0.39 is 0 Å². The molecule has 2 aromatic carbocycles. The predicted octanol–water partition coefficient (Wildman–Crippen LogP) is 3.09. The minimum Gasteiger partial charge on any atom is -0.497 e. The van der Waals surface area contributed by atoms with Crippen molar-refractivity contribution in [1.82, 2.24) is 4.57 Å². The summed E-state index contributed by atoms with van der Waals surface area (Å²) >= 11 is 1.39. The molecule has 0 spiro atoms. The van der Waals surface area contributed by atoms with E-state index in [4.69, 9.17) is 15.9 Å². The van der Waals surface area contributed by atoms with Crippen LogP contribution < -0.4 is 14.3 Å². The summed E-state index contributed by atoms with van der Waals surface area (Å²) in [5.74, 6) is 3.56. The van der Waals surface area contributed by atoms with Gasteiger partial charge in [-0.05, 0) is 30.3 Å². The van der Waals surface area contributed by atoms with Crippen LogP contribution in [0.15, 0.2) is 47.5 Å². The number of carbonyl (C=O) groups excluding carboxylic acids is 1. The molecular formula is C19H16N2O3S. The first-order valence-electron chi connectivity index (χ1n) is 7.51. The van der Waals surface area contributed by atoms with Gasteiger partial charge < -0.3 is 14.0 Å². The lowest BCUT2D eigenvalue weighted by Crippen LogP contribution is -2.16. The number of ether oxygens (including phenoxy) is 2. The molecule has 0 unspecified atom stereocenters. The van der Waals surface area contributed by atoms with Crippen molar-refractivity contribution >= 4 is 27.5 Å². The Balaban J connectivity index is 2.17. The molecule has 0 fully saturated rings. The van der Waals surface area contributed by atoms with Crippen molar-refractivity contribution in [3.63, 3.8) is 0 Å². The van der Waals surface area contributed by atoms with Crippen molar-refractivity contribution in [2.45, 2.75) is 6.54 Å². The van der Waals surface area contributed by atoms with Crippen LogP contribution in [0.2, 0.25) is 0 Å². The van der Waals surface area contributed by atoms with Crippen molar-refractivity contribution in [1.29, 1.82) is 0 Å². The van der Waals surface area contributed by atoms with Gasteiger partial charge in [-0.2, -0.15) is 4.99 Å². The number of benzene rings is 2. The first-order valence-corrected chi connectivity index (χ1v) is 8.32. The summed E-state index contributed by atoms with van der Waals surface area (Å²) in [6.07, 6.45) is 5.50. The van der Waals surface area contributed by atoms with E-state index in [0.717, 1.165) is 10.2 Å². The van der Waals surface area contributed by atoms with Gasteiger partial charge >= 0.3 is 0 Å². The number of carbonyl (C=O) groups is 1. The van der Waals surface area contributed by atoms with Crippen molar-refractivity contribution < 1.29 is 14.3 Å². The van der Waals surface area contributed by atoms with Crippen molar-refractivity contribution in [3.8, 4) is 23.8 Å². The number of hydrogen-bond donors (Lipinski definition) is 0. The van der Waals surface area contributed by atoms with E-state index in [1.165, 1.54) is 11.3 Å². The fraction of sp³-hybridized carbons (Fsp3) is 0.158. The maximum absolute atomic E-state index is 12.6. The van der Waals surface area contributed by atoms with Gasteiger partial charge in [-0.25, -0.2) is 0 Å². The molecule has 0 bridgehead atoms. The Morgan fingerprint density at radius 1 is 1.24 bits per heavy atom. The highest BCUT2D eigenvalue weighted by atomic mass is 32.1. The molecule has 1 amide bonds. The van der Waals surface area contributed by atoms with Gasteiger partial charge in [-0.3, -0.25) is 4.79 Å². The van der Waals surface area contributed by atoms with Gasteiger partial charge in [0.25, 0.3) is 5.91 Å². The highest BCUT2D eigenvalue weighted by Crippen LogP contribution is 2.27. The molecule has 1 heterocycles. The average molecular weight is 352 g/mol.